The number of aromatic nitrogens is 2. The number of ether oxygens (including phenoxy) is 2. The highest BCUT2D eigenvalue weighted by molar-refractivity contribution is 5.83. The molecule has 3 aliphatic heterocycles. The van der Waals surface area contributed by atoms with Gasteiger partial charge in [-0.1, -0.05) is 19.1 Å². The summed E-state index contributed by atoms with van der Waals surface area (Å²) in [6.07, 6.45) is 0.807. The standard InChI is InChI=1S/C28H33N7O4/c1-2-34-11-10-29-28(37)24-17-35(12-13-38-24)27(36)18-39-23-8-6-21(7-9-23)32-25-15-26(31-19-30-25)33-22-5-3-4-20(14-22)16-34/h3-9,14-15,19,24H,2,10-13,16-18H2,1H3,(H,29,37)(H2,30,31,32,33). The van der Waals surface area contributed by atoms with Gasteiger partial charge in [0.25, 0.3) is 11.8 Å². The Balaban J connectivity index is 1.35. The Morgan fingerprint density at radius 2 is 1.77 bits per heavy atom. The Morgan fingerprint density at radius 3 is 2.56 bits per heavy atom. The first kappa shape index (κ1) is 26.4. The number of hydrogen-bond acceptors (Lipinski definition) is 9. The summed E-state index contributed by atoms with van der Waals surface area (Å²) in [5.41, 5.74) is 2.88. The van der Waals surface area contributed by atoms with Gasteiger partial charge in [0.15, 0.2) is 12.7 Å². The third-order valence-corrected chi connectivity index (χ3v) is 6.65. The second-order valence-corrected chi connectivity index (χ2v) is 9.41. The molecule has 0 aliphatic carbocycles. The number of nitrogens with one attached hydrogen (secondary N) is 3. The molecule has 39 heavy (non-hydrogen) atoms. The van der Waals surface area contributed by atoms with Gasteiger partial charge in [-0.25, -0.2) is 9.97 Å². The fourth-order valence-electron chi connectivity index (χ4n) is 4.50. The molecule has 0 saturated carbocycles. The smallest absolute Gasteiger partial charge is 0.260 e. The highest BCUT2D eigenvalue weighted by atomic mass is 16.5. The van der Waals surface area contributed by atoms with Crippen LogP contribution in [-0.2, 0) is 20.9 Å². The van der Waals surface area contributed by atoms with Crippen LogP contribution < -0.4 is 20.7 Å². The van der Waals surface area contributed by atoms with Gasteiger partial charge in [-0.15, -0.1) is 0 Å². The van der Waals surface area contributed by atoms with E-state index in [2.05, 4.69) is 49.9 Å². The van der Waals surface area contributed by atoms with Crippen molar-refractivity contribution in [2.24, 2.45) is 0 Å². The van der Waals surface area contributed by atoms with Crippen molar-refractivity contribution in [1.29, 1.82) is 0 Å². The second-order valence-electron chi connectivity index (χ2n) is 9.41. The number of nitrogens with zero attached hydrogens (tertiary/aromatic N) is 4. The Morgan fingerprint density at radius 1 is 0.974 bits per heavy atom. The average Bonchev–Trinajstić information content (AvgIpc) is 2.96. The number of rotatable bonds is 1. The SMILES string of the molecule is CCN1CCNC(=O)C2CN(CCO2)C(=O)COc2ccc(cc2)Nc2cc(ncn2)Nc2cccc(c2)C1. The van der Waals surface area contributed by atoms with E-state index in [4.69, 9.17) is 9.47 Å². The normalized spacial score (nSPS) is 19.2. The number of amides is 2. The van der Waals surface area contributed by atoms with Gasteiger partial charge >= 0.3 is 0 Å². The third kappa shape index (κ3) is 7.21. The molecule has 4 heterocycles. The van der Waals surface area contributed by atoms with Crippen LogP contribution in [0.2, 0.25) is 0 Å². The molecule has 1 atom stereocenters. The van der Waals surface area contributed by atoms with Crippen molar-refractivity contribution < 1.29 is 19.1 Å². The summed E-state index contributed by atoms with van der Waals surface area (Å²) < 4.78 is 11.4. The van der Waals surface area contributed by atoms with Crippen LogP contribution in [0, 0.1) is 0 Å². The van der Waals surface area contributed by atoms with Crippen LogP contribution in [0.3, 0.4) is 0 Å². The molecule has 1 unspecified atom stereocenters. The predicted octanol–water partition coefficient (Wildman–Crippen LogP) is 2.52. The summed E-state index contributed by atoms with van der Waals surface area (Å²) in [5.74, 6) is 1.47. The molecule has 3 aromatic rings. The van der Waals surface area contributed by atoms with Crippen molar-refractivity contribution in [2.75, 3.05) is 56.6 Å². The third-order valence-electron chi connectivity index (χ3n) is 6.65. The molecule has 1 aromatic heterocycles. The fraction of sp³-hybridized carbons (Fsp3) is 0.357. The summed E-state index contributed by atoms with van der Waals surface area (Å²) in [6.45, 7) is 5.64. The lowest BCUT2D eigenvalue weighted by molar-refractivity contribution is -0.148. The van der Waals surface area contributed by atoms with Gasteiger partial charge in [0, 0.05) is 43.6 Å². The lowest BCUT2D eigenvalue weighted by atomic mass is 10.2. The summed E-state index contributed by atoms with van der Waals surface area (Å²) in [5, 5.41) is 9.59. The van der Waals surface area contributed by atoms with E-state index in [1.807, 2.05) is 30.3 Å². The fourth-order valence-corrected chi connectivity index (χ4v) is 4.50. The summed E-state index contributed by atoms with van der Waals surface area (Å²) >= 11 is 0. The first-order valence-corrected chi connectivity index (χ1v) is 13.1. The van der Waals surface area contributed by atoms with E-state index in [0.717, 1.165) is 30.0 Å². The van der Waals surface area contributed by atoms with E-state index >= 15 is 0 Å². The van der Waals surface area contributed by atoms with Crippen LogP contribution in [0.25, 0.3) is 0 Å². The van der Waals surface area contributed by atoms with Crippen LogP contribution >= 0.6 is 0 Å². The molecular formula is C28H33N7O4. The van der Waals surface area contributed by atoms with Crippen LogP contribution in [0.5, 0.6) is 5.75 Å². The van der Waals surface area contributed by atoms with Crippen molar-refractivity contribution in [1.82, 2.24) is 25.1 Å². The summed E-state index contributed by atoms with van der Waals surface area (Å²) in [7, 11) is 0. The van der Waals surface area contributed by atoms with Crippen LogP contribution in [0.1, 0.15) is 12.5 Å². The van der Waals surface area contributed by atoms with Crippen LogP contribution in [0.15, 0.2) is 60.9 Å². The predicted molar refractivity (Wildman–Crippen MR) is 147 cm³/mol. The number of carbonyl (C=O) groups excluding carboxylic acids is 2. The topological polar surface area (TPSA) is 121 Å². The van der Waals surface area contributed by atoms with E-state index in [-0.39, 0.29) is 25.0 Å². The maximum Gasteiger partial charge on any atom is 0.260 e. The highest BCUT2D eigenvalue weighted by Crippen LogP contribution is 2.22. The molecular weight excluding hydrogens is 498 g/mol. The molecule has 2 aromatic carbocycles. The molecule has 1 fully saturated rings. The molecule has 3 N–H and O–H groups in total. The monoisotopic (exact) mass is 531 g/mol. The number of fused-ring (bicyclic) bond motifs is 9. The maximum absolute atomic E-state index is 12.8. The van der Waals surface area contributed by atoms with Crippen molar-refractivity contribution in [2.45, 2.75) is 19.6 Å². The van der Waals surface area contributed by atoms with Gasteiger partial charge in [-0.3, -0.25) is 14.5 Å². The minimum absolute atomic E-state index is 0.117. The molecule has 11 heteroatoms. The van der Waals surface area contributed by atoms with Crippen LogP contribution in [0.4, 0.5) is 23.0 Å². The van der Waals surface area contributed by atoms with Gasteiger partial charge in [0.05, 0.1) is 13.2 Å². The van der Waals surface area contributed by atoms with Crippen molar-refractivity contribution >= 4 is 34.8 Å². The zero-order valence-electron chi connectivity index (χ0n) is 21.9. The largest absolute Gasteiger partial charge is 0.484 e. The Kier molecular flexibility index (Phi) is 8.49. The summed E-state index contributed by atoms with van der Waals surface area (Å²) in [4.78, 5) is 38.1. The number of likely N-dealkylation sites (N-methyl/N-ethyl adjacent to an activating group) is 1. The van der Waals surface area contributed by atoms with Gasteiger partial charge in [0.1, 0.15) is 23.7 Å². The van der Waals surface area contributed by atoms with Gasteiger partial charge in [0.2, 0.25) is 0 Å². The number of carbonyl (C=O) groups is 2. The summed E-state index contributed by atoms with van der Waals surface area (Å²) in [6, 6.07) is 17.3. The molecule has 0 radical (unpaired) electrons. The first-order valence-electron chi connectivity index (χ1n) is 13.1. The zero-order valence-corrected chi connectivity index (χ0v) is 21.9. The number of benzene rings is 2. The van der Waals surface area contributed by atoms with Crippen molar-refractivity contribution in [3.63, 3.8) is 0 Å². The maximum atomic E-state index is 12.8. The number of hydrogen-bond donors (Lipinski definition) is 3. The average molecular weight is 532 g/mol. The minimum atomic E-state index is -0.698. The second kappa shape index (κ2) is 12.5. The van der Waals surface area contributed by atoms with Crippen LogP contribution in [-0.4, -0.2) is 83.6 Å². The molecule has 6 rings (SSSR count). The van der Waals surface area contributed by atoms with Crippen molar-refractivity contribution in [3.05, 3.63) is 66.5 Å². The minimum Gasteiger partial charge on any atom is -0.484 e. The Bertz CT molecular complexity index is 1290. The molecule has 2 amide bonds. The van der Waals surface area contributed by atoms with Crippen molar-refractivity contribution in [3.8, 4) is 5.75 Å². The molecule has 11 nitrogen and oxygen atoms in total. The molecule has 204 valence electrons. The molecule has 3 aliphatic rings. The quantitative estimate of drug-likeness (QED) is 0.435. The van der Waals surface area contributed by atoms with Gasteiger partial charge in [-0.05, 0) is 48.5 Å². The molecule has 8 bridgehead atoms. The zero-order chi connectivity index (χ0) is 27.0. The van der Waals surface area contributed by atoms with E-state index in [1.165, 1.54) is 6.33 Å². The van der Waals surface area contributed by atoms with Gasteiger partial charge < -0.3 is 30.3 Å². The van der Waals surface area contributed by atoms with E-state index in [1.54, 1.807) is 17.0 Å². The number of morpholine rings is 1. The first-order chi connectivity index (χ1) is 19.1. The lowest BCUT2D eigenvalue weighted by Gasteiger charge is -2.32. The van der Waals surface area contributed by atoms with E-state index in [9.17, 15) is 9.59 Å². The number of anilines is 4. The van der Waals surface area contributed by atoms with E-state index < -0.39 is 6.10 Å². The Hall–Kier alpha value is -4.22. The molecule has 1 saturated heterocycles. The highest BCUT2D eigenvalue weighted by Gasteiger charge is 2.29. The lowest BCUT2D eigenvalue weighted by Crippen LogP contribution is -2.53. The molecule has 0 spiro atoms. The van der Waals surface area contributed by atoms with Gasteiger partial charge in [-0.2, -0.15) is 0 Å². The van der Waals surface area contributed by atoms with E-state index in [0.29, 0.717) is 43.6 Å². The Labute approximate surface area is 227 Å².